The lowest BCUT2D eigenvalue weighted by Crippen LogP contribution is -2.50. The van der Waals surface area contributed by atoms with Crippen LogP contribution in [0.3, 0.4) is 0 Å². The SMILES string of the molecule is CN=C(c1ccc(OCCCC(=O)O)cc1OC)N(C)C1(C)CC=C(C2=CCCC=C2)C(P)C1. The first kappa shape index (κ1) is 26.0. The van der Waals surface area contributed by atoms with Crippen molar-refractivity contribution >= 4 is 21.0 Å². The van der Waals surface area contributed by atoms with Crippen molar-refractivity contribution in [3.05, 3.63) is 59.2 Å². The van der Waals surface area contributed by atoms with Crippen LogP contribution in [0.1, 0.15) is 51.0 Å². The second-order valence-electron chi connectivity index (χ2n) is 9.12. The van der Waals surface area contributed by atoms with Crippen molar-refractivity contribution < 1.29 is 19.4 Å². The van der Waals surface area contributed by atoms with Gasteiger partial charge in [-0.2, -0.15) is 0 Å². The highest BCUT2D eigenvalue weighted by Crippen LogP contribution is 2.40. The summed E-state index contributed by atoms with van der Waals surface area (Å²) in [4.78, 5) is 17.6. The van der Waals surface area contributed by atoms with Gasteiger partial charge in [-0.15, -0.1) is 9.24 Å². The summed E-state index contributed by atoms with van der Waals surface area (Å²) in [6.07, 6.45) is 14.0. The third-order valence-electron chi connectivity index (χ3n) is 6.71. The molecule has 0 radical (unpaired) electrons. The van der Waals surface area contributed by atoms with E-state index in [4.69, 9.17) is 14.6 Å². The molecule has 0 spiro atoms. The van der Waals surface area contributed by atoms with Gasteiger partial charge in [0.15, 0.2) is 0 Å². The van der Waals surface area contributed by atoms with Crippen molar-refractivity contribution in [2.75, 3.05) is 27.8 Å². The molecular formula is C27H37N2O4P. The summed E-state index contributed by atoms with van der Waals surface area (Å²) in [5.41, 5.74) is 3.96. The van der Waals surface area contributed by atoms with Gasteiger partial charge in [0.2, 0.25) is 0 Å². The fourth-order valence-electron chi connectivity index (χ4n) is 4.65. The molecule has 0 amide bonds. The van der Waals surface area contributed by atoms with E-state index in [9.17, 15) is 4.79 Å². The largest absolute Gasteiger partial charge is 0.496 e. The first-order chi connectivity index (χ1) is 16.3. The fraction of sp³-hybridized carbons (Fsp3) is 0.481. The summed E-state index contributed by atoms with van der Waals surface area (Å²) in [5, 5.41) is 8.79. The lowest BCUT2D eigenvalue weighted by Gasteiger charge is -2.45. The molecule has 2 aliphatic carbocycles. The van der Waals surface area contributed by atoms with Crippen molar-refractivity contribution in [1.82, 2.24) is 4.90 Å². The number of benzene rings is 1. The van der Waals surface area contributed by atoms with Crippen LogP contribution in [0.5, 0.6) is 11.5 Å². The molecule has 0 aromatic heterocycles. The third kappa shape index (κ3) is 6.09. The molecule has 1 aromatic carbocycles. The highest BCUT2D eigenvalue weighted by molar-refractivity contribution is 7.18. The van der Waals surface area contributed by atoms with Crippen molar-refractivity contribution in [2.45, 2.75) is 56.6 Å². The molecule has 1 N–H and O–H groups in total. The summed E-state index contributed by atoms with van der Waals surface area (Å²) in [7, 11) is 8.60. The molecule has 3 rings (SSSR count). The number of nitrogens with zero attached hydrogens (tertiary/aromatic N) is 2. The minimum atomic E-state index is -0.818. The van der Waals surface area contributed by atoms with Gasteiger partial charge in [0.25, 0.3) is 0 Å². The second-order valence-corrected chi connectivity index (χ2v) is 9.93. The summed E-state index contributed by atoms with van der Waals surface area (Å²) in [6.45, 7) is 2.64. The minimum absolute atomic E-state index is 0.0890. The smallest absolute Gasteiger partial charge is 0.303 e. The van der Waals surface area contributed by atoms with Gasteiger partial charge in [-0.3, -0.25) is 9.79 Å². The van der Waals surface area contributed by atoms with Crippen LogP contribution in [0.4, 0.5) is 0 Å². The molecule has 0 saturated carbocycles. The van der Waals surface area contributed by atoms with Crippen LogP contribution < -0.4 is 9.47 Å². The lowest BCUT2D eigenvalue weighted by molar-refractivity contribution is -0.137. The Morgan fingerprint density at radius 1 is 1.32 bits per heavy atom. The average molecular weight is 485 g/mol. The average Bonchev–Trinajstić information content (AvgIpc) is 2.83. The molecule has 0 bridgehead atoms. The zero-order valence-electron chi connectivity index (χ0n) is 20.7. The molecule has 0 fully saturated rings. The highest BCUT2D eigenvalue weighted by Gasteiger charge is 2.37. The van der Waals surface area contributed by atoms with E-state index in [0.717, 1.165) is 37.1 Å². The third-order valence-corrected chi connectivity index (χ3v) is 7.30. The number of carbonyl (C=O) groups is 1. The van der Waals surface area contributed by atoms with Gasteiger partial charge in [-0.25, -0.2) is 0 Å². The van der Waals surface area contributed by atoms with Gasteiger partial charge in [-0.05, 0) is 62.3 Å². The van der Waals surface area contributed by atoms with E-state index in [1.807, 2.05) is 25.2 Å². The second kappa shape index (κ2) is 11.7. The van der Waals surface area contributed by atoms with E-state index in [2.05, 4.69) is 57.4 Å². The molecule has 3 atom stereocenters. The Kier molecular flexibility index (Phi) is 8.96. The van der Waals surface area contributed by atoms with E-state index in [1.54, 1.807) is 7.11 Å². The predicted molar refractivity (Wildman–Crippen MR) is 141 cm³/mol. The maximum atomic E-state index is 10.7. The van der Waals surface area contributed by atoms with Crippen molar-refractivity contribution in [3.8, 4) is 11.5 Å². The molecule has 34 heavy (non-hydrogen) atoms. The first-order valence-electron chi connectivity index (χ1n) is 11.9. The normalized spacial score (nSPS) is 22.6. The van der Waals surface area contributed by atoms with E-state index in [0.29, 0.717) is 30.2 Å². The number of rotatable bonds is 9. The number of hydrogen-bond donors (Lipinski definition) is 1. The number of ether oxygens (including phenoxy) is 2. The van der Waals surface area contributed by atoms with Crippen molar-refractivity contribution in [3.63, 3.8) is 0 Å². The first-order valence-corrected chi connectivity index (χ1v) is 12.5. The molecular weight excluding hydrogens is 447 g/mol. The van der Waals surface area contributed by atoms with E-state index >= 15 is 0 Å². The number of methoxy groups -OCH3 is 1. The van der Waals surface area contributed by atoms with Crippen LogP contribution in [0.15, 0.2) is 58.6 Å². The van der Waals surface area contributed by atoms with Crippen LogP contribution in [-0.4, -0.2) is 60.8 Å². The maximum Gasteiger partial charge on any atom is 0.303 e. The molecule has 0 saturated heterocycles. The Labute approximate surface area is 205 Å². The van der Waals surface area contributed by atoms with Gasteiger partial charge in [-0.1, -0.05) is 24.3 Å². The zero-order chi connectivity index (χ0) is 24.7. The van der Waals surface area contributed by atoms with E-state index < -0.39 is 5.97 Å². The topological polar surface area (TPSA) is 71.4 Å². The summed E-state index contributed by atoms with van der Waals surface area (Å²) in [6, 6.07) is 5.70. The molecule has 0 aliphatic heterocycles. The quantitative estimate of drug-likeness (QED) is 0.224. The number of carboxylic acid groups (broad SMARTS) is 1. The van der Waals surface area contributed by atoms with Gasteiger partial charge in [0.1, 0.15) is 17.3 Å². The Morgan fingerprint density at radius 3 is 2.74 bits per heavy atom. The summed E-state index contributed by atoms with van der Waals surface area (Å²) >= 11 is 0. The van der Waals surface area contributed by atoms with Crippen LogP contribution in [-0.2, 0) is 4.79 Å². The van der Waals surface area contributed by atoms with Gasteiger partial charge in [0.05, 0.1) is 19.3 Å². The monoisotopic (exact) mass is 484 g/mol. The number of allylic oxidation sites excluding steroid dienone is 5. The van der Waals surface area contributed by atoms with Gasteiger partial charge in [0, 0.05) is 37.8 Å². The van der Waals surface area contributed by atoms with Crippen LogP contribution in [0.2, 0.25) is 0 Å². The molecule has 0 heterocycles. The van der Waals surface area contributed by atoms with E-state index in [-0.39, 0.29) is 12.0 Å². The van der Waals surface area contributed by atoms with Crippen LogP contribution in [0, 0.1) is 0 Å². The number of hydrogen-bond acceptors (Lipinski definition) is 4. The molecule has 184 valence electrons. The number of aliphatic imine (C=N–C) groups is 1. The van der Waals surface area contributed by atoms with Gasteiger partial charge >= 0.3 is 5.97 Å². The zero-order valence-corrected chi connectivity index (χ0v) is 21.9. The van der Waals surface area contributed by atoms with Gasteiger partial charge < -0.3 is 19.5 Å². The summed E-state index contributed by atoms with van der Waals surface area (Å²) in [5.74, 6) is 1.38. The molecule has 3 unspecified atom stereocenters. The number of carboxylic acids is 1. The molecule has 1 aromatic rings. The number of aliphatic carboxylic acids is 1. The molecule has 2 aliphatic rings. The van der Waals surface area contributed by atoms with E-state index in [1.165, 1.54) is 11.1 Å². The Morgan fingerprint density at radius 2 is 2.12 bits per heavy atom. The molecule has 7 heteroatoms. The maximum absolute atomic E-state index is 10.7. The Bertz CT molecular complexity index is 1010. The lowest BCUT2D eigenvalue weighted by atomic mass is 9.79. The molecule has 6 nitrogen and oxygen atoms in total. The Hall–Kier alpha value is -2.59. The summed E-state index contributed by atoms with van der Waals surface area (Å²) < 4.78 is 11.4. The number of amidine groups is 1. The van der Waals surface area contributed by atoms with Crippen LogP contribution in [0.25, 0.3) is 0 Å². The van der Waals surface area contributed by atoms with Crippen LogP contribution >= 0.6 is 9.24 Å². The van der Waals surface area contributed by atoms with Crippen molar-refractivity contribution in [2.24, 2.45) is 4.99 Å². The van der Waals surface area contributed by atoms with Crippen molar-refractivity contribution in [1.29, 1.82) is 0 Å². The minimum Gasteiger partial charge on any atom is -0.496 e. The highest BCUT2D eigenvalue weighted by atomic mass is 31.0. The standard InChI is InChI=1S/C27H37N2O4P/c1-27(15-14-21(24(34)18-27)19-9-6-5-7-10-19)29(3)26(28-2)22-13-12-20(17-23(22)32-4)33-16-8-11-25(30)31/h6,9-10,12-14,17,24H,5,7-8,11,15-16,18,34H2,1-4H3,(H,30,31). The predicted octanol–water partition coefficient (Wildman–Crippen LogP) is 5.25. The Balaban J connectivity index is 1.77. The fourth-order valence-corrected chi connectivity index (χ4v) is 5.48.